The molecule has 0 fully saturated rings. The van der Waals surface area contributed by atoms with Gasteiger partial charge in [-0.15, -0.1) is 0 Å². The Hall–Kier alpha value is -1.23. The Bertz CT molecular complexity index is 281. The second-order valence-electron chi connectivity index (χ2n) is 1.71. The fourth-order valence-electron chi connectivity index (χ4n) is 0.487. The fourth-order valence-corrected chi connectivity index (χ4v) is 1.01. The highest BCUT2D eigenvalue weighted by molar-refractivity contribution is 7.06. The molecule has 0 radical (unpaired) electrons. The number of hydrogen-bond donors (Lipinski definition) is 1. The van der Waals surface area contributed by atoms with E-state index in [1.807, 2.05) is 0 Å². The molecule has 1 N–H and O–H groups in total. The highest BCUT2D eigenvalue weighted by atomic mass is 32.1. The Balaban J connectivity index is 2.82. The monoisotopic (exact) mass is 173 g/mol. The minimum Gasteiger partial charge on any atom is -0.476 e. The van der Waals surface area contributed by atoms with Crippen molar-refractivity contribution in [3.8, 4) is 0 Å². The van der Waals surface area contributed by atoms with Crippen molar-refractivity contribution >= 4 is 23.6 Å². The maximum Gasteiger partial charge on any atom is 0.364 e. The zero-order valence-corrected chi connectivity index (χ0v) is 6.14. The van der Waals surface area contributed by atoms with Crippen LogP contribution in [0.2, 0.25) is 0 Å². The van der Waals surface area contributed by atoms with Crippen molar-refractivity contribution in [3.63, 3.8) is 0 Å². The first-order valence-corrected chi connectivity index (χ1v) is 3.48. The van der Waals surface area contributed by atoms with Gasteiger partial charge in [0.15, 0.2) is 0 Å². The number of hydrogen-bond acceptors (Lipinski definition) is 3. The first kappa shape index (κ1) is 7.87. The molecule has 0 amide bonds. The van der Waals surface area contributed by atoms with Crippen LogP contribution in [0.1, 0.15) is 4.88 Å². The summed E-state index contributed by atoms with van der Waals surface area (Å²) in [5.41, 5.74) is 0. The summed E-state index contributed by atoms with van der Waals surface area (Å²) in [6.07, 6.45) is 2.41. The molecule has 1 rings (SSSR count). The summed E-state index contributed by atoms with van der Waals surface area (Å²) < 4.78 is 16.0. The van der Waals surface area contributed by atoms with Crippen molar-refractivity contribution in [1.29, 1.82) is 0 Å². The predicted molar refractivity (Wildman–Crippen MR) is 38.8 cm³/mol. The van der Waals surface area contributed by atoms with Crippen LogP contribution in [0.15, 0.2) is 18.1 Å². The molecule has 58 valence electrons. The minimum absolute atomic E-state index is 0.491. The lowest BCUT2D eigenvalue weighted by Crippen LogP contribution is -1.93. The van der Waals surface area contributed by atoms with Crippen LogP contribution in [0.4, 0.5) is 4.39 Å². The molecule has 1 aromatic heterocycles. The van der Waals surface area contributed by atoms with E-state index in [0.29, 0.717) is 4.88 Å². The third-order valence-corrected chi connectivity index (χ3v) is 1.62. The van der Waals surface area contributed by atoms with E-state index in [4.69, 9.17) is 5.11 Å². The van der Waals surface area contributed by atoms with Gasteiger partial charge < -0.3 is 5.11 Å². The molecule has 0 saturated heterocycles. The van der Waals surface area contributed by atoms with Gasteiger partial charge >= 0.3 is 5.97 Å². The van der Waals surface area contributed by atoms with E-state index in [1.54, 1.807) is 0 Å². The van der Waals surface area contributed by atoms with E-state index in [9.17, 15) is 9.18 Å². The summed E-state index contributed by atoms with van der Waals surface area (Å²) in [6, 6.07) is 1.53. The van der Waals surface area contributed by atoms with Crippen LogP contribution >= 0.6 is 11.5 Å². The zero-order chi connectivity index (χ0) is 8.27. The number of aromatic nitrogens is 1. The second-order valence-corrected chi connectivity index (χ2v) is 2.58. The summed E-state index contributed by atoms with van der Waals surface area (Å²) >= 11 is 1.04. The Morgan fingerprint density at radius 2 is 2.55 bits per heavy atom. The lowest BCUT2D eigenvalue weighted by atomic mass is 10.4. The van der Waals surface area contributed by atoms with Crippen molar-refractivity contribution in [3.05, 3.63) is 23.0 Å². The molecule has 5 heteroatoms. The van der Waals surface area contributed by atoms with E-state index in [1.165, 1.54) is 12.3 Å². The van der Waals surface area contributed by atoms with Crippen molar-refractivity contribution in [2.24, 2.45) is 0 Å². The van der Waals surface area contributed by atoms with Gasteiger partial charge in [-0.25, -0.2) is 9.17 Å². The SMILES string of the molecule is O=C(O)C(F)=Cc1ccns1. The van der Waals surface area contributed by atoms with Crippen LogP contribution in [0.3, 0.4) is 0 Å². The van der Waals surface area contributed by atoms with Crippen LogP contribution in [0.5, 0.6) is 0 Å². The van der Waals surface area contributed by atoms with Gasteiger partial charge in [-0.05, 0) is 17.6 Å². The number of carbonyl (C=O) groups is 1. The van der Waals surface area contributed by atoms with Crippen LogP contribution < -0.4 is 0 Å². The maximum absolute atomic E-state index is 12.3. The number of aliphatic carboxylic acids is 1. The van der Waals surface area contributed by atoms with Gasteiger partial charge in [0, 0.05) is 12.3 Å². The molecule has 0 atom stereocenters. The van der Waals surface area contributed by atoms with E-state index in [-0.39, 0.29) is 0 Å². The van der Waals surface area contributed by atoms with Gasteiger partial charge in [0.2, 0.25) is 5.83 Å². The molecule has 0 bridgehead atoms. The lowest BCUT2D eigenvalue weighted by molar-refractivity contribution is -0.134. The number of nitrogens with zero attached hydrogens (tertiary/aromatic N) is 1. The largest absolute Gasteiger partial charge is 0.476 e. The molecule has 0 aliphatic heterocycles. The number of halogens is 1. The summed E-state index contributed by atoms with van der Waals surface area (Å²) in [4.78, 5) is 10.5. The molecule has 1 heterocycles. The standard InChI is InChI=1S/C6H4FNO2S/c7-5(6(9)10)3-4-1-2-8-11-4/h1-3H,(H,9,10). The Kier molecular flexibility index (Phi) is 2.32. The molecule has 0 spiro atoms. The van der Waals surface area contributed by atoms with Gasteiger partial charge in [0.25, 0.3) is 0 Å². The maximum atomic E-state index is 12.3. The van der Waals surface area contributed by atoms with E-state index < -0.39 is 11.8 Å². The van der Waals surface area contributed by atoms with E-state index >= 15 is 0 Å². The Morgan fingerprint density at radius 3 is 3.00 bits per heavy atom. The van der Waals surface area contributed by atoms with Crippen molar-refractivity contribution < 1.29 is 14.3 Å². The molecule has 0 saturated carbocycles. The van der Waals surface area contributed by atoms with Crippen LogP contribution in [0.25, 0.3) is 6.08 Å². The average molecular weight is 173 g/mol. The van der Waals surface area contributed by atoms with Gasteiger partial charge in [-0.3, -0.25) is 0 Å². The second kappa shape index (κ2) is 3.25. The molecule has 0 aromatic carbocycles. The smallest absolute Gasteiger partial charge is 0.364 e. The first-order chi connectivity index (χ1) is 5.20. The normalized spacial score (nSPS) is 11.5. The Morgan fingerprint density at radius 1 is 1.82 bits per heavy atom. The molecule has 0 aliphatic rings. The average Bonchev–Trinajstić information content (AvgIpc) is 2.39. The van der Waals surface area contributed by atoms with Gasteiger partial charge in [0.1, 0.15) is 0 Å². The number of carboxylic acid groups (broad SMARTS) is 1. The van der Waals surface area contributed by atoms with Crippen molar-refractivity contribution in [2.45, 2.75) is 0 Å². The van der Waals surface area contributed by atoms with Crippen molar-refractivity contribution in [1.82, 2.24) is 4.37 Å². The van der Waals surface area contributed by atoms with E-state index in [0.717, 1.165) is 17.6 Å². The van der Waals surface area contributed by atoms with Gasteiger partial charge in [-0.1, -0.05) is 0 Å². The molecule has 1 aromatic rings. The van der Waals surface area contributed by atoms with Gasteiger partial charge in [-0.2, -0.15) is 4.39 Å². The minimum atomic E-state index is -1.56. The molecular formula is C6H4FNO2S. The fraction of sp³-hybridized carbons (Fsp3) is 0. The molecule has 0 unspecified atom stereocenters. The highest BCUT2D eigenvalue weighted by Gasteiger charge is 2.04. The summed E-state index contributed by atoms with van der Waals surface area (Å²) in [6.45, 7) is 0. The molecule has 3 nitrogen and oxygen atoms in total. The van der Waals surface area contributed by atoms with Gasteiger partial charge in [0.05, 0.1) is 4.88 Å². The highest BCUT2D eigenvalue weighted by Crippen LogP contribution is 2.11. The molecule has 11 heavy (non-hydrogen) atoms. The van der Waals surface area contributed by atoms with E-state index in [2.05, 4.69) is 4.37 Å². The third-order valence-electron chi connectivity index (χ3n) is 0.931. The lowest BCUT2D eigenvalue weighted by Gasteiger charge is -1.84. The topological polar surface area (TPSA) is 50.2 Å². The van der Waals surface area contributed by atoms with Crippen LogP contribution in [-0.2, 0) is 4.79 Å². The predicted octanol–water partition coefficient (Wildman–Crippen LogP) is 1.54. The first-order valence-electron chi connectivity index (χ1n) is 2.71. The summed E-state index contributed by atoms with van der Waals surface area (Å²) in [5.74, 6) is -2.73. The molecular weight excluding hydrogens is 169 g/mol. The van der Waals surface area contributed by atoms with Crippen LogP contribution in [0, 0.1) is 0 Å². The molecule has 0 aliphatic carbocycles. The van der Waals surface area contributed by atoms with Crippen LogP contribution in [-0.4, -0.2) is 15.4 Å². The zero-order valence-electron chi connectivity index (χ0n) is 5.32. The summed E-state index contributed by atoms with van der Waals surface area (Å²) in [7, 11) is 0. The number of rotatable bonds is 2. The summed E-state index contributed by atoms with van der Waals surface area (Å²) in [5, 5.41) is 8.12. The third kappa shape index (κ3) is 2.12. The number of carboxylic acids is 1. The quantitative estimate of drug-likeness (QED) is 0.690. The van der Waals surface area contributed by atoms with Crippen molar-refractivity contribution in [2.75, 3.05) is 0 Å². The Labute approximate surface area is 66.0 Å².